The average molecular weight is 435 g/mol. The molecule has 2 aromatic carbocycles. The lowest BCUT2D eigenvalue weighted by molar-refractivity contribution is 0.0943. The van der Waals surface area contributed by atoms with Gasteiger partial charge >= 0.3 is 6.01 Å². The van der Waals surface area contributed by atoms with Gasteiger partial charge in [-0.3, -0.25) is 4.79 Å². The highest BCUT2D eigenvalue weighted by Gasteiger charge is 2.21. The van der Waals surface area contributed by atoms with Gasteiger partial charge in [0.2, 0.25) is 0 Å². The van der Waals surface area contributed by atoms with Crippen LogP contribution in [0.15, 0.2) is 53.0 Å². The van der Waals surface area contributed by atoms with E-state index in [9.17, 15) is 4.79 Å². The summed E-state index contributed by atoms with van der Waals surface area (Å²) in [6.07, 6.45) is 0. The van der Waals surface area contributed by atoms with E-state index < -0.39 is 0 Å². The molecule has 0 aliphatic rings. The van der Waals surface area contributed by atoms with E-state index in [0.717, 1.165) is 0 Å². The van der Waals surface area contributed by atoms with Gasteiger partial charge in [0, 0.05) is 15.1 Å². The highest BCUT2D eigenvalue weighted by Crippen LogP contribution is 2.25. The summed E-state index contributed by atoms with van der Waals surface area (Å²) in [5.74, 6) is 0.391. The van der Waals surface area contributed by atoms with Crippen molar-refractivity contribution in [2.75, 3.05) is 6.61 Å². The molecule has 0 bridgehead atoms. The summed E-state index contributed by atoms with van der Waals surface area (Å²) in [4.78, 5) is 17.4. The van der Waals surface area contributed by atoms with Crippen molar-refractivity contribution in [2.45, 2.75) is 13.8 Å². The first-order valence-electron chi connectivity index (χ1n) is 8.10. The van der Waals surface area contributed by atoms with Crippen LogP contribution in [0.1, 0.15) is 24.2 Å². The molecule has 134 valence electrons. The van der Waals surface area contributed by atoms with E-state index >= 15 is 0 Å². The molecule has 0 radical (unpaired) electrons. The Bertz CT molecular complexity index is 940. The molecule has 0 amide bonds. The molecule has 0 unspecified atom stereocenters. The molecule has 0 spiro atoms. The predicted molar refractivity (Wildman–Crippen MR) is 105 cm³/mol. The summed E-state index contributed by atoms with van der Waals surface area (Å²) in [5, 5.41) is 4.83. The molecular formula is C19H17BrClN3O2. The molecule has 5 nitrogen and oxygen atoms in total. The fraction of sp³-hybridized carbons (Fsp3) is 0.211. The van der Waals surface area contributed by atoms with Crippen LogP contribution in [0.2, 0.25) is 5.02 Å². The molecule has 3 aromatic rings. The molecule has 0 aliphatic carbocycles. The summed E-state index contributed by atoms with van der Waals surface area (Å²) in [6, 6.07) is 14.5. The lowest BCUT2D eigenvalue weighted by Crippen LogP contribution is -2.16. The number of rotatable bonds is 5. The number of carbonyl (C=O) groups excluding carboxylic acids is 1. The van der Waals surface area contributed by atoms with Gasteiger partial charge in [-0.2, -0.15) is 9.67 Å². The van der Waals surface area contributed by atoms with E-state index in [1.165, 1.54) is 4.68 Å². The Morgan fingerprint density at radius 3 is 2.69 bits per heavy atom. The normalized spacial score (nSPS) is 11.0. The van der Waals surface area contributed by atoms with Crippen LogP contribution >= 0.6 is 27.5 Å². The van der Waals surface area contributed by atoms with Gasteiger partial charge in [0.15, 0.2) is 5.82 Å². The third kappa shape index (κ3) is 4.14. The Morgan fingerprint density at radius 1 is 1.23 bits per heavy atom. The van der Waals surface area contributed by atoms with Crippen LogP contribution in [0.5, 0.6) is 6.01 Å². The minimum absolute atomic E-state index is 0.161. The largest absolute Gasteiger partial charge is 0.462 e. The number of halogens is 2. The molecular weight excluding hydrogens is 418 g/mol. The molecule has 0 atom stereocenters. The number of aromatic nitrogens is 3. The van der Waals surface area contributed by atoms with E-state index in [2.05, 4.69) is 26.0 Å². The zero-order valence-electron chi connectivity index (χ0n) is 14.3. The lowest BCUT2D eigenvalue weighted by atomic mass is 10.2. The Labute approximate surface area is 165 Å². The smallest absolute Gasteiger partial charge is 0.336 e. The maximum Gasteiger partial charge on any atom is 0.336 e. The van der Waals surface area contributed by atoms with E-state index in [-0.39, 0.29) is 11.9 Å². The van der Waals surface area contributed by atoms with Crippen molar-refractivity contribution in [1.29, 1.82) is 0 Å². The minimum Gasteiger partial charge on any atom is -0.462 e. The fourth-order valence-electron chi connectivity index (χ4n) is 2.30. The average Bonchev–Trinajstić information content (AvgIpc) is 3.04. The number of ether oxygens (including phenoxy) is 1. The van der Waals surface area contributed by atoms with Crippen molar-refractivity contribution < 1.29 is 9.53 Å². The Morgan fingerprint density at radius 2 is 2.00 bits per heavy atom. The SMILES string of the molecule is CC(C)COc1nc(-c2cccc(Cl)c2)n(C(=O)c2ccccc2Br)n1. The maximum absolute atomic E-state index is 13.0. The van der Waals surface area contributed by atoms with Crippen LogP contribution in [0.4, 0.5) is 0 Å². The number of nitrogens with zero attached hydrogens (tertiary/aromatic N) is 3. The summed E-state index contributed by atoms with van der Waals surface area (Å²) in [7, 11) is 0. The predicted octanol–water partition coefficient (Wildman–Crippen LogP) is 5.08. The van der Waals surface area contributed by atoms with Crippen molar-refractivity contribution in [3.63, 3.8) is 0 Å². The van der Waals surface area contributed by atoms with Gasteiger partial charge in [0.25, 0.3) is 5.91 Å². The van der Waals surface area contributed by atoms with E-state index in [0.29, 0.717) is 39.0 Å². The van der Waals surface area contributed by atoms with Crippen molar-refractivity contribution in [2.24, 2.45) is 5.92 Å². The van der Waals surface area contributed by atoms with Crippen LogP contribution < -0.4 is 4.74 Å². The molecule has 3 rings (SSSR count). The highest BCUT2D eigenvalue weighted by molar-refractivity contribution is 9.10. The zero-order valence-corrected chi connectivity index (χ0v) is 16.7. The second-order valence-electron chi connectivity index (χ2n) is 6.13. The topological polar surface area (TPSA) is 57.0 Å². The van der Waals surface area contributed by atoms with Gasteiger partial charge < -0.3 is 4.74 Å². The van der Waals surface area contributed by atoms with Gasteiger partial charge in [-0.1, -0.05) is 49.7 Å². The van der Waals surface area contributed by atoms with Crippen LogP contribution in [-0.4, -0.2) is 27.3 Å². The molecule has 0 N–H and O–H groups in total. The first kappa shape index (κ1) is 18.6. The molecule has 0 aliphatic heterocycles. The summed E-state index contributed by atoms with van der Waals surface area (Å²) in [5.41, 5.74) is 1.17. The van der Waals surface area contributed by atoms with Crippen molar-refractivity contribution in [3.05, 3.63) is 63.6 Å². The maximum atomic E-state index is 13.0. The monoisotopic (exact) mass is 433 g/mol. The van der Waals surface area contributed by atoms with Crippen LogP contribution in [0.3, 0.4) is 0 Å². The molecule has 0 saturated carbocycles. The number of hydrogen-bond acceptors (Lipinski definition) is 4. The molecule has 26 heavy (non-hydrogen) atoms. The third-order valence-electron chi connectivity index (χ3n) is 3.51. The quantitative estimate of drug-likeness (QED) is 0.561. The zero-order chi connectivity index (χ0) is 18.7. The van der Waals surface area contributed by atoms with Crippen LogP contribution in [0.25, 0.3) is 11.4 Å². The lowest BCUT2D eigenvalue weighted by Gasteiger charge is -2.06. The van der Waals surface area contributed by atoms with Crippen molar-refractivity contribution >= 4 is 33.4 Å². The first-order chi connectivity index (χ1) is 12.5. The molecule has 7 heteroatoms. The molecule has 0 saturated heterocycles. The van der Waals surface area contributed by atoms with Crippen LogP contribution in [0, 0.1) is 5.92 Å². The van der Waals surface area contributed by atoms with Crippen molar-refractivity contribution in [1.82, 2.24) is 14.8 Å². The second kappa shape index (κ2) is 8.01. The van der Waals surface area contributed by atoms with E-state index in [1.54, 1.807) is 36.4 Å². The first-order valence-corrected chi connectivity index (χ1v) is 9.28. The Kier molecular flexibility index (Phi) is 5.74. The fourth-order valence-corrected chi connectivity index (χ4v) is 2.94. The highest BCUT2D eigenvalue weighted by atomic mass is 79.9. The van der Waals surface area contributed by atoms with Gasteiger partial charge in [0.1, 0.15) is 0 Å². The van der Waals surface area contributed by atoms with E-state index in [4.69, 9.17) is 16.3 Å². The van der Waals surface area contributed by atoms with Crippen molar-refractivity contribution in [3.8, 4) is 17.4 Å². The molecule has 0 fully saturated rings. The number of carbonyl (C=O) groups is 1. The van der Waals surface area contributed by atoms with Crippen LogP contribution in [-0.2, 0) is 0 Å². The summed E-state index contributed by atoms with van der Waals surface area (Å²) < 4.78 is 7.55. The standard InChI is InChI=1S/C19H17BrClN3O2/c1-12(2)11-26-19-22-17(13-6-5-7-14(21)10-13)24(23-19)18(25)15-8-3-4-9-16(15)20/h3-10,12H,11H2,1-2H3. The molecule has 1 aromatic heterocycles. The molecule has 1 heterocycles. The Hall–Kier alpha value is -2.18. The Balaban J connectivity index is 2.07. The van der Waals surface area contributed by atoms with Gasteiger partial charge in [-0.05, 0) is 46.1 Å². The van der Waals surface area contributed by atoms with Gasteiger partial charge in [0.05, 0.1) is 12.2 Å². The van der Waals surface area contributed by atoms with Gasteiger partial charge in [-0.25, -0.2) is 0 Å². The number of benzene rings is 2. The van der Waals surface area contributed by atoms with E-state index in [1.807, 2.05) is 26.0 Å². The third-order valence-corrected chi connectivity index (χ3v) is 4.44. The summed E-state index contributed by atoms with van der Waals surface area (Å²) >= 11 is 9.51. The number of hydrogen-bond donors (Lipinski definition) is 0. The second-order valence-corrected chi connectivity index (χ2v) is 7.42. The van der Waals surface area contributed by atoms with Gasteiger partial charge in [-0.15, -0.1) is 5.10 Å². The minimum atomic E-state index is -0.306. The summed E-state index contributed by atoms with van der Waals surface area (Å²) in [6.45, 7) is 4.52.